The van der Waals surface area contributed by atoms with Crippen LogP contribution in [0, 0.1) is 0 Å². The topological polar surface area (TPSA) is 52.6 Å². The standard InChI is InChI=1S/C12H14O4/c1-8(13)11(12(14)16-3)9-5-4-6-10(7-9)15-2/h4-7,11H,1-3H3. The van der Waals surface area contributed by atoms with Crippen LogP contribution in [-0.2, 0) is 14.3 Å². The predicted molar refractivity (Wildman–Crippen MR) is 58.4 cm³/mol. The van der Waals surface area contributed by atoms with Crippen LogP contribution in [0.4, 0.5) is 0 Å². The summed E-state index contributed by atoms with van der Waals surface area (Å²) in [5.74, 6) is -1.08. The number of rotatable bonds is 4. The molecule has 1 unspecified atom stereocenters. The molecule has 0 amide bonds. The Labute approximate surface area is 94.2 Å². The van der Waals surface area contributed by atoms with Crippen molar-refractivity contribution in [1.82, 2.24) is 0 Å². The van der Waals surface area contributed by atoms with Gasteiger partial charge in [-0.3, -0.25) is 9.59 Å². The summed E-state index contributed by atoms with van der Waals surface area (Å²) in [5.41, 5.74) is 0.582. The van der Waals surface area contributed by atoms with E-state index in [4.69, 9.17) is 4.74 Å². The molecule has 0 bridgehead atoms. The maximum Gasteiger partial charge on any atom is 0.320 e. The molecule has 0 fully saturated rings. The number of hydrogen-bond acceptors (Lipinski definition) is 4. The number of hydrogen-bond donors (Lipinski definition) is 0. The Morgan fingerprint density at radius 2 is 1.94 bits per heavy atom. The quantitative estimate of drug-likeness (QED) is 0.572. The molecule has 0 saturated carbocycles. The zero-order valence-electron chi connectivity index (χ0n) is 9.52. The van der Waals surface area contributed by atoms with E-state index in [0.29, 0.717) is 11.3 Å². The third-order valence-corrected chi connectivity index (χ3v) is 2.27. The SMILES string of the molecule is COC(=O)C(C(C)=O)c1cccc(OC)c1. The highest BCUT2D eigenvalue weighted by atomic mass is 16.5. The Hall–Kier alpha value is -1.84. The lowest BCUT2D eigenvalue weighted by atomic mass is 9.95. The van der Waals surface area contributed by atoms with Gasteiger partial charge in [0.2, 0.25) is 0 Å². The van der Waals surface area contributed by atoms with Crippen molar-refractivity contribution in [3.63, 3.8) is 0 Å². The highest BCUT2D eigenvalue weighted by Gasteiger charge is 2.26. The van der Waals surface area contributed by atoms with Gasteiger partial charge in [0.1, 0.15) is 17.5 Å². The number of benzene rings is 1. The lowest BCUT2D eigenvalue weighted by Gasteiger charge is -2.12. The Morgan fingerprint density at radius 1 is 1.25 bits per heavy atom. The molecule has 0 aliphatic heterocycles. The first-order valence-corrected chi connectivity index (χ1v) is 4.82. The smallest absolute Gasteiger partial charge is 0.320 e. The van der Waals surface area contributed by atoms with Crippen LogP contribution in [-0.4, -0.2) is 26.0 Å². The lowest BCUT2D eigenvalue weighted by molar-refractivity contribution is -0.145. The number of Topliss-reactive ketones (excluding diaryl/α,β-unsaturated/α-hetero) is 1. The van der Waals surface area contributed by atoms with Gasteiger partial charge >= 0.3 is 5.97 Å². The molecule has 1 aromatic carbocycles. The van der Waals surface area contributed by atoms with Crippen LogP contribution in [0.15, 0.2) is 24.3 Å². The van der Waals surface area contributed by atoms with E-state index in [1.165, 1.54) is 21.1 Å². The minimum Gasteiger partial charge on any atom is -0.497 e. The van der Waals surface area contributed by atoms with Crippen LogP contribution in [0.1, 0.15) is 18.4 Å². The monoisotopic (exact) mass is 222 g/mol. The largest absolute Gasteiger partial charge is 0.497 e. The number of ketones is 1. The predicted octanol–water partition coefficient (Wildman–Crippen LogP) is 1.54. The Bertz CT molecular complexity index is 398. The highest BCUT2D eigenvalue weighted by molar-refractivity contribution is 6.03. The van der Waals surface area contributed by atoms with E-state index < -0.39 is 11.9 Å². The second kappa shape index (κ2) is 5.30. The first kappa shape index (κ1) is 12.2. The van der Waals surface area contributed by atoms with E-state index in [9.17, 15) is 9.59 Å². The van der Waals surface area contributed by atoms with Crippen molar-refractivity contribution in [3.8, 4) is 5.75 Å². The summed E-state index contributed by atoms with van der Waals surface area (Å²) in [4.78, 5) is 22.9. The fraction of sp³-hybridized carbons (Fsp3) is 0.333. The number of ether oxygens (including phenoxy) is 2. The molecular weight excluding hydrogens is 208 g/mol. The average Bonchev–Trinajstić information content (AvgIpc) is 2.29. The normalized spacial score (nSPS) is 11.7. The van der Waals surface area contributed by atoms with E-state index in [1.54, 1.807) is 24.3 Å². The molecule has 0 aliphatic rings. The fourth-order valence-electron chi connectivity index (χ4n) is 1.48. The van der Waals surface area contributed by atoms with E-state index in [2.05, 4.69) is 4.74 Å². The van der Waals surface area contributed by atoms with Gasteiger partial charge in [-0.1, -0.05) is 12.1 Å². The zero-order valence-corrected chi connectivity index (χ0v) is 9.52. The molecule has 4 heteroatoms. The van der Waals surface area contributed by atoms with Crippen LogP contribution in [0.2, 0.25) is 0 Å². The Kier molecular flexibility index (Phi) is 4.05. The molecule has 0 spiro atoms. The number of carbonyl (C=O) groups excluding carboxylic acids is 2. The minimum atomic E-state index is -0.875. The minimum absolute atomic E-state index is 0.250. The molecule has 0 N–H and O–H groups in total. The molecule has 0 aliphatic carbocycles. The van der Waals surface area contributed by atoms with Crippen molar-refractivity contribution in [2.45, 2.75) is 12.8 Å². The summed E-state index contributed by atoms with van der Waals surface area (Å²) in [7, 11) is 2.79. The maximum atomic E-state index is 11.5. The summed E-state index contributed by atoms with van der Waals surface area (Å²) >= 11 is 0. The van der Waals surface area contributed by atoms with Crippen LogP contribution in [0.3, 0.4) is 0 Å². The second-order valence-electron chi connectivity index (χ2n) is 3.34. The molecule has 0 radical (unpaired) electrons. The molecule has 0 aromatic heterocycles. The number of carbonyl (C=O) groups is 2. The summed E-state index contributed by atoms with van der Waals surface area (Å²) in [5, 5.41) is 0. The van der Waals surface area contributed by atoms with Gasteiger partial charge in [-0.25, -0.2) is 0 Å². The van der Waals surface area contributed by atoms with Gasteiger partial charge in [0.05, 0.1) is 14.2 Å². The first-order valence-electron chi connectivity index (χ1n) is 4.82. The van der Waals surface area contributed by atoms with Crippen LogP contribution >= 0.6 is 0 Å². The van der Waals surface area contributed by atoms with Crippen molar-refractivity contribution >= 4 is 11.8 Å². The molecule has 4 nitrogen and oxygen atoms in total. The molecule has 1 atom stereocenters. The molecule has 86 valence electrons. The maximum absolute atomic E-state index is 11.5. The van der Waals surface area contributed by atoms with Gasteiger partial charge in [0, 0.05) is 0 Å². The van der Waals surface area contributed by atoms with Crippen LogP contribution in [0.5, 0.6) is 5.75 Å². The first-order chi connectivity index (χ1) is 7.60. The van der Waals surface area contributed by atoms with Gasteiger partial charge in [-0.15, -0.1) is 0 Å². The number of esters is 1. The van der Waals surface area contributed by atoms with Crippen molar-refractivity contribution < 1.29 is 19.1 Å². The third kappa shape index (κ3) is 2.59. The van der Waals surface area contributed by atoms with Crippen LogP contribution < -0.4 is 4.74 Å². The van der Waals surface area contributed by atoms with Gasteiger partial charge in [0.25, 0.3) is 0 Å². The van der Waals surface area contributed by atoms with E-state index in [0.717, 1.165) is 0 Å². The summed E-state index contributed by atoms with van der Waals surface area (Å²) in [6.07, 6.45) is 0. The van der Waals surface area contributed by atoms with E-state index in [-0.39, 0.29) is 5.78 Å². The highest BCUT2D eigenvalue weighted by Crippen LogP contribution is 2.22. The van der Waals surface area contributed by atoms with Crippen molar-refractivity contribution in [2.24, 2.45) is 0 Å². The number of methoxy groups -OCH3 is 2. The molecule has 1 rings (SSSR count). The average molecular weight is 222 g/mol. The second-order valence-corrected chi connectivity index (χ2v) is 3.34. The molecule has 1 aromatic rings. The lowest BCUT2D eigenvalue weighted by Crippen LogP contribution is -2.21. The molecule has 16 heavy (non-hydrogen) atoms. The summed E-state index contributed by atoms with van der Waals surface area (Å²) < 4.78 is 9.64. The molecule has 0 heterocycles. The van der Waals surface area contributed by atoms with Crippen molar-refractivity contribution in [3.05, 3.63) is 29.8 Å². The van der Waals surface area contributed by atoms with Gasteiger partial charge in [-0.2, -0.15) is 0 Å². The summed E-state index contributed by atoms with van der Waals surface area (Å²) in [6.45, 7) is 1.36. The van der Waals surface area contributed by atoms with Crippen molar-refractivity contribution in [2.75, 3.05) is 14.2 Å². The third-order valence-electron chi connectivity index (χ3n) is 2.27. The Morgan fingerprint density at radius 3 is 2.44 bits per heavy atom. The van der Waals surface area contributed by atoms with Gasteiger partial charge in [-0.05, 0) is 24.6 Å². The van der Waals surface area contributed by atoms with Crippen LogP contribution in [0.25, 0.3) is 0 Å². The fourth-order valence-corrected chi connectivity index (χ4v) is 1.48. The molecular formula is C12H14O4. The molecule has 0 saturated heterocycles. The zero-order chi connectivity index (χ0) is 12.1. The summed E-state index contributed by atoms with van der Waals surface area (Å²) in [6, 6.07) is 6.83. The van der Waals surface area contributed by atoms with E-state index in [1.807, 2.05) is 0 Å². The van der Waals surface area contributed by atoms with Crippen molar-refractivity contribution in [1.29, 1.82) is 0 Å². The van der Waals surface area contributed by atoms with E-state index >= 15 is 0 Å². The Balaban J connectivity index is 3.10. The van der Waals surface area contributed by atoms with Gasteiger partial charge in [0.15, 0.2) is 0 Å². The van der Waals surface area contributed by atoms with Gasteiger partial charge < -0.3 is 9.47 Å².